The highest BCUT2D eigenvalue weighted by Gasteiger charge is 2.38. The van der Waals surface area contributed by atoms with Crippen LogP contribution in [0.5, 0.6) is 0 Å². The lowest BCUT2D eigenvalue weighted by molar-refractivity contribution is -0.121. The van der Waals surface area contributed by atoms with E-state index in [0.717, 1.165) is 37.7 Å². The van der Waals surface area contributed by atoms with Gasteiger partial charge in [-0.1, -0.05) is 25.0 Å². The van der Waals surface area contributed by atoms with Gasteiger partial charge in [-0.05, 0) is 43.4 Å². The Bertz CT molecular complexity index is 628. The maximum Gasteiger partial charge on any atom is 0.318 e. The Morgan fingerprint density at radius 1 is 1.29 bits per heavy atom. The summed E-state index contributed by atoms with van der Waals surface area (Å²) in [5, 5.41) is 2.97. The summed E-state index contributed by atoms with van der Waals surface area (Å²) < 4.78 is 13.6. The number of carbonyl (C=O) groups excluding carboxylic acids is 2. The van der Waals surface area contributed by atoms with Gasteiger partial charge in [0.15, 0.2) is 0 Å². The van der Waals surface area contributed by atoms with Crippen LogP contribution in [0.15, 0.2) is 24.3 Å². The molecule has 1 heterocycles. The van der Waals surface area contributed by atoms with Crippen LogP contribution < -0.4 is 11.1 Å². The van der Waals surface area contributed by atoms with Gasteiger partial charge in [-0.25, -0.2) is 9.18 Å². The second-order valence-electron chi connectivity index (χ2n) is 6.91. The number of hydrogen-bond donors (Lipinski definition) is 2. The van der Waals surface area contributed by atoms with Crippen LogP contribution in [0.2, 0.25) is 0 Å². The Hall–Kier alpha value is -2.11. The summed E-state index contributed by atoms with van der Waals surface area (Å²) in [6.45, 7) is 1.00. The number of urea groups is 1. The molecule has 5 nitrogen and oxygen atoms in total. The summed E-state index contributed by atoms with van der Waals surface area (Å²) in [5.41, 5.74) is 6.09. The van der Waals surface area contributed by atoms with Gasteiger partial charge in [0, 0.05) is 18.5 Å². The third kappa shape index (κ3) is 3.23. The van der Waals surface area contributed by atoms with E-state index in [1.807, 2.05) is 6.07 Å². The van der Waals surface area contributed by atoms with Crippen molar-refractivity contribution >= 4 is 11.9 Å². The van der Waals surface area contributed by atoms with Gasteiger partial charge in [-0.2, -0.15) is 0 Å². The SMILES string of the molecule is NC(=O)[C@@H]1CCCN1C(=O)NCC1(c2cccc(F)c2)CCCC1. The lowest BCUT2D eigenvalue weighted by atomic mass is 9.79. The molecule has 24 heavy (non-hydrogen) atoms. The van der Waals surface area contributed by atoms with Crippen molar-refractivity contribution in [3.8, 4) is 0 Å². The number of benzene rings is 1. The average molecular weight is 333 g/mol. The lowest BCUT2D eigenvalue weighted by Gasteiger charge is -2.32. The number of nitrogens with one attached hydrogen (secondary N) is 1. The van der Waals surface area contributed by atoms with Crippen molar-refractivity contribution in [1.82, 2.24) is 10.2 Å². The number of carbonyl (C=O) groups is 2. The highest BCUT2D eigenvalue weighted by molar-refractivity contribution is 5.86. The molecule has 3 rings (SSSR count). The largest absolute Gasteiger partial charge is 0.368 e. The van der Waals surface area contributed by atoms with Crippen molar-refractivity contribution in [2.45, 2.75) is 50.0 Å². The third-order valence-electron chi connectivity index (χ3n) is 5.42. The van der Waals surface area contributed by atoms with Crippen LogP contribution in [-0.2, 0) is 10.2 Å². The molecule has 0 unspecified atom stereocenters. The molecular formula is C18H24FN3O2. The third-order valence-corrected chi connectivity index (χ3v) is 5.42. The summed E-state index contributed by atoms with van der Waals surface area (Å²) in [5.74, 6) is -0.707. The number of hydrogen-bond acceptors (Lipinski definition) is 2. The van der Waals surface area contributed by atoms with Crippen LogP contribution in [-0.4, -0.2) is 36.0 Å². The molecule has 2 fully saturated rings. The Balaban J connectivity index is 1.71. The molecule has 130 valence electrons. The van der Waals surface area contributed by atoms with E-state index < -0.39 is 11.9 Å². The van der Waals surface area contributed by atoms with Crippen LogP contribution in [0.25, 0.3) is 0 Å². The molecule has 0 bridgehead atoms. The van der Waals surface area contributed by atoms with Gasteiger partial charge in [-0.3, -0.25) is 4.79 Å². The second-order valence-corrected chi connectivity index (χ2v) is 6.91. The number of halogens is 1. The van der Waals surface area contributed by atoms with Crippen molar-refractivity contribution in [1.29, 1.82) is 0 Å². The van der Waals surface area contributed by atoms with Crippen molar-refractivity contribution in [2.75, 3.05) is 13.1 Å². The number of primary amides is 1. The first kappa shape index (κ1) is 16.7. The summed E-state index contributed by atoms with van der Waals surface area (Å²) in [4.78, 5) is 25.5. The van der Waals surface area contributed by atoms with Crippen LogP contribution in [0, 0.1) is 5.82 Å². The monoisotopic (exact) mass is 333 g/mol. The quantitative estimate of drug-likeness (QED) is 0.887. The van der Waals surface area contributed by atoms with Crippen LogP contribution in [0.1, 0.15) is 44.1 Å². The summed E-state index contributed by atoms with van der Waals surface area (Å²) in [6.07, 6.45) is 5.40. The smallest absolute Gasteiger partial charge is 0.318 e. The molecule has 0 aromatic heterocycles. The van der Waals surface area contributed by atoms with E-state index in [1.54, 1.807) is 12.1 Å². The zero-order valence-corrected chi connectivity index (χ0v) is 13.8. The van der Waals surface area contributed by atoms with Gasteiger partial charge in [0.2, 0.25) is 5.91 Å². The van der Waals surface area contributed by atoms with Crippen molar-refractivity contribution in [3.63, 3.8) is 0 Å². The molecule has 1 atom stereocenters. The molecule has 0 radical (unpaired) electrons. The molecule has 3 amide bonds. The summed E-state index contributed by atoms with van der Waals surface area (Å²) >= 11 is 0. The first-order chi connectivity index (χ1) is 11.5. The average Bonchev–Trinajstić information content (AvgIpc) is 3.23. The zero-order chi connectivity index (χ0) is 17.2. The lowest BCUT2D eigenvalue weighted by Crippen LogP contribution is -2.50. The molecule has 1 saturated carbocycles. The number of nitrogens with two attached hydrogens (primary N) is 1. The molecule has 1 aliphatic heterocycles. The van der Waals surface area contributed by atoms with Crippen molar-refractivity contribution < 1.29 is 14.0 Å². The Kier molecular flexibility index (Phi) is 4.73. The van der Waals surface area contributed by atoms with Crippen LogP contribution in [0.3, 0.4) is 0 Å². The minimum absolute atomic E-state index is 0.223. The van der Waals surface area contributed by atoms with E-state index in [4.69, 9.17) is 5.73 Å². The Morgan fingerprint density at radius 2 is 2.04 bits per heavy atom. The van der Waals surface area contributed by atoms with Gasteiger partial charge in [0.25, 0.3) is 0 Å². The van der Waals surface area contributed by atoms with Crippen LogP contribution in [0.4, 0.5) is 9.18 Å². The number of amides is 3. The van der Waals surface area contributed by atoms with Crippen LogP contribution >= 0.6 is 0 Å². The fourth-order valence-electron chi connectivity index (χ4n) is 4.09. The maximum atomic E-state index is 13.6. The predicted molar refractivity (Wildman–Crippen MR) is 88.9 cm³/mol. The van der Waals surface area contributed by atoms with E-state index in [0.29, 0.717) is 19.5 Å². The van der Waals surface area contributed by atoms with Gasteiger partial charge in [0.05, 0.1) is 0 Å². The molecule has 6 heteroatoms. The predicted octanol–water partition coefficient (Wildman–Crippen LogP) is 2.30. The van der Waals surface area contributed by atoms with Gasteiger partial charge >= 0.3 is 6.03 Å². The van der Waals surface area contributed by atoms with Crippen molar-refractivity contribution in [3.05, 3.63) is 35.6 Å². The van der Waals surface area contributed by atoms with Gasteiger partial charge in [-0.15, -0.1) is 0 Å². The minimum atomic E-state index is -0.515. The van der Waals surface area contributed by atoms with E-state index in [9.17, 15) is 14.0 Å². The zero-order valence-electron chi connectivity index (χ0n) is 13.8. The molecule has 1 saturated heterocycles. The second kappa shape index (κ2) is 6.79. The normalized spacial score (nSPS) is 22.5. The van der Waals surface area contributed by atoms with Crippen molar-refractivity contribution in [2.24, 2.45) is 5.73 Å². The summed E-state index contributed by atoms with van der Waals surface area (Å²) in [7, 11) is 0. The van der Waals surface area contributed by atoms with E-state index >= 15 is 0 Å². The molecule has 1 aromatic rings. The molecule has 1 aromatic carbocycles. The first-order valence-corrected chi connectivity index (χ1v) is 8.62. The first-order valence-electron chi connectivity index (χ1n) is 8.62. The number of nitrogens with zero attached hydrogens (tertiary/aromatic N) is 1. The highest BCUT2D eigenvalue weighted by Crippen LogP contribution is 2.40. The molecular weight excluding hydrogens is 309 g/mol. The molecule has 2 aliphatic rings. The molecule has 0 spiro atoms. The van der Waals surface area contributed by atoms with E-state index in [2.05, 4.69) is 5.32 Å². The summed E-state index contributed by atoms with van der Waals surface area (Å²) in [6, 6.07) is 5.89. The van der Waals surface area contributed by atoms with Gasteiger partial charge < -0.3 is 16.0 Å². The van der Waals surface area contributed by atoms with E-state index in [-0.39, 0.29) is 17.3 Å². The minimum Gasteiger partial charge on any atom is -0.368 e. The Morgan fingerprint density at radius 3 is 2.71 bits per heavy atom. The standard InChI is InChI=1S/C18H24FN3O2/c19-14-6-3-5-13(11-14)18(8-1-2-9-18)12-21-17(24)22-10-4-7-15(22)16(20)23/h3,5-6,11,15H,1-2,4,7-10,12H2,(H2,20,23)(H,21,24)/t15-/m0/s1. The highest BCUT2D eigenvalue weighted by atomic mass is 19.1. The topological polar surface area (TPSA) is 75.4 Å². The van der Waals surface area contributed by atoms with E-state index in [1.165, 1.54) is 11.0 Å². The van der Waals surface area contributed by atoms with Gasteiger partial charge in [0.1, 0.15) is 11.9 Å². The maximum absolute atomic E-state index is 13.6. The molecule has 1 aliphatic carbocycles. The fourth-order valence-corrected chi connectivity index (χ4v) is 4.09. The number of rotatable bonds is 4. The Labute approximate surface area is 141 Å². The number of likely N-dealkylation sites (tertiary alicyclic amines) is 1. The fraction of sp³-hybridized carbons (Fsp3) is 0.556. The molecule has 3 N–H and O–H groups in total.